The normalized spacial score (nSPS) is 10.3. The number of likely N-dealkylation sites (N-methyl/N-ethyl adjacent to an activating group) is 1. The molecule has 0 fully saturated rings. The summed E-state index contributed by atoms with van der Waals surface area (Å²) in [7, 11) is 3.99. The number of nitriles is 3. The quantitative estimate of drug-likeness (QED) is 0.724. The molecule has 0 amide bonds. The van der Waals surface area contributed by atoms with Gasteiger partial charge in [0.1, 0.15) is 35.1 Å². The summed E-state index contributed by atoms with van der Waals surface area (Å²) >= 11 is 0. The summed E-state index contributed by atoms with van der Waals surface area (Å²) in [6, 6.07) is 5.64. The van der Waals surface area contributed by atoms with E-state index in [2.05, 4.69) is 9.97 Å². The van der Waals surface area contributed by atoms with Crippen LogP contribution in [0.25, 0.3) is 11.2 Å². The summed E-state index contributed by atoms with van der Waals surface area (Å²) in [4.78, 5) is 9.42. The molecule has 2 aromatic heterocycles. The largest absolute Gasteiger partial charge is 0.384 e. The summed E-state index contributed by atoms with van der Waals surface area (Å²) in [5, 5.41) is 27.3. The molecular weight excluding hydrogens is 268 g/mol. The topological polar surface area (TPSA) is 133 Å². The van der Waals surface area contributed by atoms with Crippen molar-refractivity contribution < 1.29 is 4.90 Å². The predicted molar refractivity (Wildman–Crippen MR) is 73.8 cm³/mol. The molecule has 2 heterocycles. The molecule has 0 radical (unpaired) electrons. The highest BCUT2D eigenvalue weighted by molar-refractivity contribution is 5.86. The minimum absolute atomic E-state index is 0.0644. The van der Waals surface area contributed by atoms with Crippen LogP contribution in [0.2, 0.25) is 0 Å². The van der Waals surface area contributed by atoms with Gasteiger partial charge in [0, 0.05) is 0 Å². The highest BCUT2D eigenvalue weighted by atomic mass is 15.2. The maximum absolute atomic E-state index is 9.23. The zero-order valence-corrected chi connectivity index (χ0v) is 11.7. The molecule has 8 nitrogen and oxygen atoms in total. The van der Waals surface area contributed by atoms with Gasteiger partial charge in [-0.2, -0.15) is 15.8 Å². The lowest BCUT2D eigenvalue weighted by molar-refractivity contribution is -0.858. The molecular formula is C13H13N8+. The zero-order valence-electron chi connectivity index (χ0n) is 11.7. The lowest BCUT2D eigenvalue weighted by Crippen LogP contribution is -3.06. The molecule has 104 valence electrons. The lowest BCUT2D eigenvalue weighted by Gasteiger charge is -2.10. The molecule has 0 aliphatic carbocycles. The van der Waals surface area contributed by atoms with Crippen LogP contribution in [0.1, 0.15) is 17.0 Å². The molecule has 8 heteroatoms. The zero-order chi connectivity index (χ0) is 15.6. The van der Waals surface area contributed by atoms with Crippen molar-refractivity contribution in [3.05, 3.63) is 17.0 Å². The van der Waals surface area contributed by atoms with Crippen molar-refractivity contribution >= 4 is 17.0 Å². The Morgan fingerprint density at radius 2 is 1.71 bits per heavy atom. The van der Waals surface area contributed by atoms with Gasteiger partial charge >= 0.3 is 0 Å². The molecule has 0 aliphatic rings. The van der Waals surface area contributed by atoms with Crippen molar-refractivity contribution in [2.24, 2.45) is 0 Å². The number of fused-ring (bicyclic) bond motifs is 1. The van der Waals surface area contributed by atoms with Gasteiger partial charge in [-0.3, -0.25) is 0 Å². The summed E-state index contributed by atoms with van der Waals surface area (Å²) in [6.45, 7) is 1.31. The van der Waals surface area contributed by atoms with E-state index >= 15 is 0 Å². The Hall–Kier alpha value is -3.15. The van der Waals surface area contributed by atoms with Gasteiger partial charge in [0.05, 0.1) is 27.2 Å². The fourth-order valence-corrected chi connectivity index (χ4v) is 1.98. The number of aromatic nitrogens is 3. The SMILES string of the molecule is C[NH+](C)CCn1c(N)c(C#N)c2nc(C#N)c(C#N)nc21. The van der Waals surface area contributed by atoms with E-state index in [1.807, 2.05) is 32.3 Å². The van der Waals surface area contributed by atoms with Crippen LogP contribution >= 0.6 is 0 Å². The molecule has 0 aromatic carbocycles. The van der Waals surface area contributed by atoms with Gasteiger partial charge < -0.3 is 15.2 Å². The monoisotopic (exact) mass is 281 g/mol. The summed E-state index contributed by atoms with van der Waals surface area (Å²) in [5.74, 6) is 0.257. The molecule has 0 saturated heterocycles. The first-order valence-corrected chi connectivity index (χ1v) is 6.22. The first-order chi connectivity index (χ1) is 10.0. The minimum atomic E-state index is -0.100. The number of nitrogens with two attached hydrogens (primary N) is 1. The van der Waals surface area contributed by atoms with Gasteiger partial charge in [0.2, 0.25) is 0 Å². The van der Waals surface area contributed by atoms with Gasteiger partial charge in [-0.15, -0.1) is 0 Å². The first kappa shape index (κ1) is 14.3. The Morgan fingerprint density at radius 1 is 1.10 bits per heavy atom. The molecule has 3 N–H and O–H groups in total. The van der Waals surface area contributed by atoms with Crippen LogP contribution in [0.4, 0.5) is 5.82 Å². The molecule has 0 unspecified atom stereocenters. The molecule has 21 heavy (non-hydrogen) atoms. The number of hydrogen-bond donors (Lipinski definition) is 2. The second-order valence-electron chi connectivity index (χ2n) is 4.80. The van der Waals surface area contributed by atoms with Crippen molar-refractivity contribution in [1.82, 2.24) is 14.5 Å². The first-order valence-electron chi connectivity index (χ1n) is 6.22. The van der Waals surface area contributed by atoms with Crippen LogP contribution < -0.4 is 10.6 Å². The molecule has 2 rings (SSSR count). The van der Waals surface area contributed by atoms with Crippen molar-refractivity contribution in [3.8, 4) is 18.2 Å². The van der Waals surface area contributed by atoms with E-state index in [-0.39, 0.29) is 28.3 Å². The van der Waals surface area contributed by atoms with Crippen molar-refractivity contribution in [2.75, 3.05) is 26.4 Å². The fraction of sp³-hybridized carbons (Fsp3) is 0.308. The second kappa shape index (κ2) is 5.46. The smallest absolute Gasteiger partial charge is 0.179 e. The third-order valence-corrected chi connectivity index (χ3v) is 3.08. The number of nitrogen functional groups attached to an aromatic ring is 1. The Morgan fingerprint density at radius 3 is 2.24 bits per heavy atom. The average Bonchev–Trinajstić information content (AvgIpc) is 2.73. The van der Waals surface area contributed by atoms with E-state index in [1.54, 1.807) is 4.57 Å². The fourth-order valence-electron chi connectivity index (χ4n) is 1.98. The number of hydrogen-bond acceptors (Lipinski definition) is 6. The molecule has 0 bridgehead atoms. The lowest BCUT2D eigenvalue weighted by atomic mass is 10.3. The molecule has 0 saturated carbocycles. The van der Waals surface area contributed by atoms with Gasteiger partial charge in [0.25, 0.3) is 0 Å². The molecule has 0 aliphatic heterocycles. The van der Waals surface area contributed by atoms with Crippen LogP contribution in [-0.2, 0) is 6.54 Å². The highest BCUT2D eigenvalue weighted by Crippen LogP contribution is 2.25. The Bertz CT molecular complexity index is 825. The van der Waals surface area contributed by atoms with E-state index in [4.69, 9.17) is 16.3 Å². The van der Waals surface area contributed by atoms with Crippen LogP contribution in [0.3, 0.4) is 0 Å². The highest BCUT2D eigenvalue weighted by Gasteiger charge is 2.20. The van der Waals surface area contributed by atoms with Gasteiger partial charge in [-0.25, -0.2) is 9.97 Å². The van der Waals surface area contributed by atoms with E-state index in [9.17, 15) is 5.26 Å². The van der Waals surface area contributed by atoms with E-state index in [1.165, 1.54) is 4.90 Å². The Kier molecular flexibility index (Phi) is 3.71. The van der Waals surface area contributed by atoms with Crippen LogP contribution in [0.15, 0.2) is 0 Å². The molecule has 0 spiro atoms. The van der Waals surface area contributed by atoms with Crippen LogP contribution in [-0.4, -0.2) is 35.2 Å². The van der Waals surface area contributed by atoms with Gasteiger partial charge in [0.15, 0.2) is 17.0 Å². The maximum Gasteiger partial charge on any atom is 0.179 e. The number of rotatable bonds is 3. The standard InChI is InChI=1S/C13H12N8/c1-20(2)3-4-21-12(17)8(5-14)11-13(21)19-10(7-16)9(6-15)18-11/h3-4,17H2,1-2H3/p+1. The number of anilines is 1. The van der Waals surface area contributed by atoms with Crippen molar-refractivity contribution in [2.45, 2.75) is 6.54 Å². The van der Waals surface area contributed by atoms with Crippen molar-refractivity contribution in [3.63, 3.8) is 0 Å². The molecule has 2 aromatic rings. The maximum atomic E-state index is 9.23. The van der Waals surface area contributed by atoms with Crippen molar-refractivity contribution in [1.29, 1.82) is 15.8 Å². The summed E-state index contributed by atoms with van der Waals surface area (Å²) < 4.78 is 1.66. The van der Waals surface area contributed by atoms with E-state index in [0.717, 1.165) is 6.54 Å². The van der Waals surface area contributed by atoms with E-state index < -0.39 is 0 Å². The molecule has 0 atom stereocenters. The number of quaternary nitrogens is 1. The number of nitrogens with zero attached hydrogens (tertiary/aromatic N) is 6. The predicted octanol–water partition coefficient (Wildman–Crippen LogP) is -1.23. The van der Waals surface area contributed by atoms with E-state index in [0.29, 0.717) is 12.2 Å². The summed E-state index contributed by atoms with van der Waals surface area (Å²) in [6.07, 6.45) is 0. The Balaban J connectivity index is 2.75. The third kappa shape index (κ3) is 2.34. The van der Waals surface area contributed by atoms with Crippen LogP contribution in [0, 0.1) is 34.0 Å². The van der Waals surface area contributed by atoms with Gasteiger partial charge in [-0.05, 0) is 0 Å². The third-order valence-electron chi connectivity index (χ3n) is 3.08. The second-order valence-corrected chi connectivity index (χ2v) is 4.80. The van der Waals surface area contributed by atoms with Crippen LogP contribution in [0.5, 0.6) is 0 Å². The number of nitrogens with one attached hydrogen (secondary N) is 1. The van der Waals surface area contributed by atoms with Gasteiger partial charge in [-0.1, -0.05) is 0 Å². The summed E-state index contributed by atoms with van der Waals surface area (Å²) in [5.41, 5.74) is 6.63. The Labute approximate surface area is 121 Å². The minimum Gasteiger partial charge on any atom is -0.384 e. The average molecular weight is 281 g/mol.